The average molecular weight is 409 g/mol. The maximum atomic E-state index is 12.6. The van der Waals surface area contributed by atoms with E-state index in [1.807, 2.05) is 54.4 Å². The van der Waals surface area contributed by atoms with Crippen LogP contribution in [-0.4, -0.2) is 39.8 Å². The first-order chi connectivity index (χ1) is 14.4. The largest absolute Gasteiger partial charge is 0.370 e. The predicted octanol–water partition coefficient (Wildman–Crippen LogP) is 3.42. The van der Waals surface area contributed by atoms with Crippen LogP contribution >= 0.6 is 0 Å². The fraction of sp³-hybridized carbons (Fsp3) is 0.348. The van der Waals surface area contributed by atoms with Gasteiger partial charge in [0, 0.05) is 25.1 Å². The SMILES string of the molecule is CCC(N)=O.CN(C(=O)c1ccc(-c2ccc3[nH]c(=O)[nH]c3c2)cc1)C1CCCC1. The second kappa shape index (κ2) is 9.43. The van der Waals surface area contributed by atoms with Gasteiger partial charge in [-0.1, -0.05) is 38.0 Å². The van der Waals surface area contributed by atoms with E-state index in [9.17, 15) is 14.4 Å². The second-order valence-electron chi connectivity index (χ2n) is 7.59. The topological polar surface area (TPSA) is 112 Å². The molecule has 0 spiro atoms. The molecule has 2 amide bonds. The Labute approximate surface area is 175 Å². The van der Waals surface area contributed by atoms with Crippen LogP contribution in [0.3, 0.4) is 0 Å². The number of rotatable bonds is 4. The molecule has 1 aliphatic carbocycles. The Hall–Kier alpha value is -3.35. The molecule has 4 N–H and O–H groups in total. The van der Waals surface area contributed by atoms with Crippen LogP contribution in [0.15, 0.2) is 47.3 Å². The zero-order chi connectivity index (χ0) is 21.7. The van der Waals surface area contributed by atoms with Crippen molar-refractivity contribution in [1.29, 1.82) is 0 Å². The number of imidazole rings is 1. The number of primary amides is 1. The molecule has 0 saturated heterocycles. The van der Waals surface area contributed by atoms with E-state index in [0.717, 1.165) is 35.0 Å². The van der Waals surface area contributed by atoms with Crippen molar-refractivity contribution in [1.82, 2.24) is 14.9 Å². The van der Waals surface area contributed by atoms with Crippen LogP contribution in [0, 0.1) is 0 Å². The summed E-state index contributed by atoms with van der Waals surface area (Å²) in [5, 5.41) is 0. The first-order valence-corrected chi connectivity index (χ1v) is 10.3. The van der Waals surface area contributed by atoms with Crippen LogP contribution in [-0.2, 0) is 4.79 Å². The van der Waals surface area contributed by atoms with E-state index >= 15 is 0 Å². The number of nitrogens with one attached hydrogen (secondary N) is 2. The van der Waals surface area contributed by atoms with Gasteiger partial charge in [0.15, 0.2) is 0 Å². The maximum Gasteiger partial charge on any atom is 0.323 e. The van der Waals surface area contributed by atoms with Gasteiger partial charge in [-0.2, -0.15) is 0 Å². The number of carbonyl (C=O) groups excluding carboxylic acids is 2. The lowest BCUT2D eigenvalue weighted by Gasteiger charge is -2.24. The van der Waals surface area contributed by atoms with Crippen molar-refractivity contribution in [2.45, 2.75) is 45.1 Å². The number of fused-ring (bicyclic) bond motifs is 1. The Balaban J connectivity index is 0.000000461. The second-order valence-corrected chi connectivity index (χ2v) is 7.59. The van der Waals surface area contributed by atoms with Crippen molar-refractivity contribution in [3.05, 3.63) is 58.5 Å². The average Bonchev–Trinajstić information content (AvgIpc) is 3.41. The highest BCUT2D eigenvalue weighted by atomic mass is 16.2. The molecule has 0 unspecified atom stereocenters. The number of hydrogen-bond acceptors (Lipinski definition) is 3. The van der Waals surface area contributed by atoms with Gasteiger partial charge in [-0.25, -0.2) is 4.79 Å². The molecule has 0 radical (unpaired) electrons. The number of amides is 2. The van der Waals surface area contributed by atoms with Crippen molar-refractivity contribution >= 4 is 22.8 Å². The van der Waals surface area contributed by atoms with E-state index in [1.54, 1.807) is 6.92 Å². The third-order valence-corrected chi connectivity index (χ3v) is 5.52. The molecular formula is C23H28N4O3. The maximum absolute atomic E-state index is 12.6. The molecule has 1 saturated carbocycles. The summed E-state index contributed by atoms with van der Waals surface area (Å²) in [7, 11) is 1.91. The lowest BCUT2D eigenvalue weighted by Crippen LogP contribution is -2.35. The van der Waals surface area contributed by atoms with Gasteiger partial charge in [0.05, 0.1) is 11.0 Å². The van der Waals surface area contributed by atoms with Crippen LogP contribution in [0.1, 0.15) is 49.4 Å². The Morgan fingerprint density at radius 2 is 1.57 bits per heavy atom. The summed E-state index contributed by atoms with van der Waals surface area (Å²) in [6.45, 7) is 1.72. The number of hydrogen-bond donors (Lipinski definition) is 3. The number of H-pyrrole nitrogens is 2. The van der Waals surface area contributed by atoms with E-state index in [-0.39, 0.29) is 17.5 Å². The smallest absolute Gasteiger partial charge is 0.323 e. The number of benzene rings is 2. The third kappa shape index (κ3) is 4.97. The van der Waals surface area contributed by atoms with Gasteiger partial charge in [-0.05, 0) is 48.2 Å². The Kier molecular flexibility index (Phi) is 6.72. The van der Waals surface area contributed by atoms with Gasteiger partial charge < -0.3 is 20.6 Å². The molecule has 2 aromatic carbocycles. The lowest BCUT2D eigenvalue weighted by atomic mass is 10.0. The number of carbonyl (C=O) groups is 2. The molecular weight excluding hydrogens is 380 g/mol. The van der Waals surface area contributed by atoms with Gasteiger partial charge in [0.25, 0.3) is 5.91 Å². The van der Waals surface area contributed by atoms with Gasteiger partial charge in [0.1, 0.15) is 0 Å². The van der Waals surface area contributed by atoms with E-state index < -0.39 is 0 Å². The minimum atomic E-state index is -0.245. The van der Waals surface area contributed by atoms with Crippen LogP contribution in [0.5, 0.6) is 0 Å². The monoisotopic (exact) mass is 408 g/mol. The van der Waals surface area contributed by atoms with Crippen LogP contribution in [0.4, 0.5) is 0 Å². The van der Waals surface area contributed by atoms with E-state index in [0.29, 0.717) is 18.0 Å². The zero-order valence-electron chi connectivity index (χ0n) is 17.4. The number of nitrogens with zero attached hydrogens (tertiary/aromatic N) is 1. The molecule has 1 aromatic heterocycles. The fourth-order valence-electron chi connectivity index (χ4n) is 3.68. The minimum absolute atomic E-state index is 0.0869. The first-order valence-electron chi connectivity index (χ1n) is 10.3. The molecule has 1 heterocycles. The zero-order valence-corrected chi connectivity index (χ0v) is 17.4. The van der Waals surface area contributed by atoms with E-state index in [2.05, 4.69) is 15.7 Å². The minimum Gasteiger partial charge on any atom is -0.370 e. The summed E-state index contributed by atoms with van der Waals surface area (Å²) in [5.74, 6) is -0.158. The fourth-order valence-corrected chi connectivity index (χ4v) is 3.68. The van der Waals surface area contributed by atoms with E-state index in [1.165, 1.54) is 12.8 Å². The molecule has 1 aliphatic rings. The lowest BCUT2D eigenvalue weighted by molar-refractivity contribution is -0.117. The number of aromatic nitrogens is 2. The number of aromatic amines is 2. The summed E-state index contributed by atoms with van der Waals surface area (Å²) < 4.78 is 0. The molecule has 0 atom stereocenters. The van der Waals surface area contributed by atoms with E-state index in [4.69, 9.17) is 0 Å². The molecule has 0 aliphatic heterocycles. The molecule has 7 nitrogen and oxygen atoms in total. The summed E-state index contributed by atoms with van der Waals surface area (Å²) in [4.78, 5) is 41.0. The highest BCUT2D eigenvalue weighted by molar-refractivity contribution is 5.95. The summed E-state index contributed by atoms with van der Waals surface area (Å²) >= 11 is 0. The van der Waals surface area contributed by atoms with Gasteiger partial charge in [0.2, 0.25) is 5.91 Å². The molecule has 158 valence electrons. The van der Waals surface area contributed by atoms with Crippen LogP contribution in [0.2, 0.25) is 0 Å². The number of nitrogens with two attached hydrogens (primary N) is 1. The van der Waals surface area contributed by atoms with Crippen molar-refractivity contribution in [3.63, 3.8) is 0 Å². The summed E-state index contributed by atoms with van der Waals surface area (Å²) in [6.07, 6.45) is 5.08. The first kappa shape index (κ1) is 21.4. The van der Waals surface area contributed by atoms with Gasteiger partial charge in [-0.15, -0.1) is 0 Å². The normalized spacial score (nSPS) is 13.7. The van der Waals surface area contributed by atoms with Gasteiger partial charge in [-0.3, -0.25) is 9.59 Å². The third-order valence-electron chi connectivity index (χ3n) is 5.52. The molecule has 1 fully saturated rings. The molecule has 4 rings (SSSR count). The van der Waals surface area contributed by atoms with Crippen molar-refractivity contribution in [2.24, 2.45) is 5.73 Å². The quantitative estimate of drug-likeness (QED) is 0.615. The standard InChI is InChI=1S/C20H21N3O2.C3H7NO/c1-23(16-4-2-3-5-16)19(24)14-8-6-13(7-9-14)15-10-11-17-18(12-15)22-20(25)21-17;1-2-3(4)5/h6-12,16H,2-5H2,1H3,(H2,21,22,25);2H2,1H3,(H2,4,5). The summed E-state index contributed by atoms with van der Waals surface area (Å²) in [6, 6.07) is 13.8. The van der Waals surface area contributed by atoms with Crippen LogP contribution in [0.25, 0.3) is 22.2 Å². The molecule has 0 bridgehead atoms. The predicted molar refractivity (Wildman–Crippen MR) is 118 cm³/mol. The highest BCUT2D eigenvalue weighted by Gasteiger charge is 2.24. The summed E-state index contributed by atoms with van der Waals surface area (Å²) in [5.41, 5.74) is 8.76. The van der Waals surface area contributed by atoms with Crippen molar-refractivity contribution < 1.29 is 9.59 Å². The molecule has 3 aromatic rings. The van der Waals surface area contributed by atoms with Gasteiger partial charge >= 0.3 is 5.69 Å². The van der Waals surface area contributed by atoms with Crippen molar-refractivity contribution in [3.8, 4) is 11.1 Å². The van der Waals surface area contributed by atoms with Crippen molar-refractivity contribution in [2.75, 3.05) is 7.05 Å². The van der Waals surface area contributed by atoms with Crippen LogP contribution < -0.4 is 11.4 Å². The Morgan fingerprint density at radius 3 is 2.17 bits per heavy atom. The Morgan fingerprint density at radius 1 is 1.00 bits per heavy atom. The molecule has 7 heteroatoms. The Bertz CT molecular complexity index is 1080. The highest BCUT2D eigenvalue weighted by Crippen LogP contribution is 2.25. The molecule has 30 heavy (non-hydrogen) atoms.